The molecule has 2 amide bonds. The van der Waals surface area contributed by atoms with Crippen LogP contribution in [0.15, 0.2) is 0 Å². The molecule has 1 fully saturated rings. The van der Waals surface area contributed by atoms with Crippen molar-refractivity contribution in [1.82, 2.24) is 15.5 Å². The van der Waals surface area contributed by atoms with Crippen LogP contribution >= 0.6 is 0 Å². The first kappa shape index (κ1) is 14.9. The maximum absolute atomic E-state index is 11.5. The summed E-state index contributed by atoms with van der Waals surface area (Å²) in [6.07, 6.45) is 3.33. The van der Waals surface area contributed by atoms with Crippen LogP contribution in [-0.2, 0) is 9.59 Å². The van der Waals surface area contributed by atoms with Gasteiger partial charge in [-0.3, -0.25) is 9.59 Å². The minimum Gasteiger partial charge on any atom is -0.388 e. The molecule has 0 aromatic heterocycles. The van der Waals surface area contributed by atoms with Crippen LogP contribution in [0.2, 0.25) is 0 Å². The van der Waals surface area contributed by atoms with Crippen molar-refractivity contribution in [2.75, 3.05) is 33.7 Å². The Morgan fingerprint density at radius 2 is 1.72 bits per heavy atom. The Labute approximate surface area is 108 Å². The van der Waals surface area contributed by atoms with Crippen LogP contribution in [0.3, 0.4) is 0 Å². The summed E-state index contributed by atoms with van der Waals surface area (Å²) in [4.78, 5) is 24.8. The van der Waals surface area contributed by atoms with Gasteiger partial charge in [0.2, 0.25) is 0 Å². The Kier molecular flexibility index (Phi) is 5.55. The standard InChI is InChI=1S/C12H23N3O3/c1-15(2)8-7-13-10(16)11(17)14-9-12(18)5-3-4-6-12/h18H,3-9H2,1-2H3,(H,13,16)(H,14,17). The van der Waals surface area contributed by atoms with E-state index in [0.29, 0.717) is 25.9 Å². The van der Waals surface area contributed by atoms with E-state index in [1.165, 1.54) is 0 Å². The quantitative estimate of drug-likeness (QED) is 0.557. The Bertz CT molecular complexity index is 299. The van der Waals surface area contributed by atoms with E-state index in [1.807, 2.05) is 19.0 Å². The number of carbonyl (C=O) groups excluding carboxylic acids is 2. The van der Waals surface area contributed by atoms with Crippen LogP contribution in [0, 0.1) is 0 Å². The van der Waals surface area contributed by atoms with Crippen LogP contribution in [0.1, 0.15) is 25.7 Å². The summed E-state index contributed by atoms with van der Waals surface area (Å²) in [6, 6.07) is 0. The predicted molar refractivity (Wildman–Crippen MR) is 68.0 cm³/mol. The number of aliphatic hydroxyl groups is 1. The zero-order chi connectivity index (χ0) is 13.6. The number of amides is 2. The molecule has 0 spiro atoms. The number of hydrogen-bond acceptors (Lipinski definition) is 4. The van der Waals surface area contributed by atoms with Crippen molar-refractivity contribution in [3.63, 3.8) is 0 Å². The monoisotopic (exact) mass is 257 g/mol. The molecule has 1 saturated carbocycles. The number of rotatable bonds is 5. The summed E-state index contributed by atoms with van der Waals surface area (Å²) in [5.41, 5.74) is -0.820. The fourth-order valence-electron chi connectivity index (χ4n) is 2.01. The van der Waals surface area contributed by atoms with Crippen molar-refractivity contribution in [3.05, 3.63) is 0 Å². The summed E-state index contributed by atoms with van der Waals surface area (Å²) in [6.45, 7) is 1.28. The van der Waals surface area contributed by atoms with Gasteiger partial charge in [-0.15, -0.1) is 0 Å². The lowest BCUT2D eigenvalue weighted by atomic mass is 10.0. The van der Waals surface area contributed by atoms with Gasteiger partial charge in [0.15, 0.2) is 0 Å². The van der Waals surface area contributed by atoms with Crippen LogP contribution in [0.4, 0.5) is 0 Å². The van der Waals surface area contributed by atoms with Crippen LogP contribution in [0.25, 0.3) is 0 Å². The van der Waals surface area contributed by atoms with E-state index in [4.69, 9.17) is 0 Å². The summed E-state index contributed by atoms with van der Waals surface area (Å²) >= 11 is 0. The van der Waals surface area contributed by atoms with Crippen molar-refractivity contribution in [2.24, 2.45) is 0 Å². The average Bonchev–Trinajstić information content (AvgIpc) is 2.73. The molecule has 0 atom stereocenters. The van der Waals surface area contributed by atoms with E-state index in [0.717, 1.165) is 12.8 Å². The van der Waals surface area contributed by atoms with E-state index < -0.39 is 17.4 Å². The van der Waals surface area contributed by atoms with E-state index in [1.54, 1.807) is 0 Å². The van der Waals surface area contributed by atoms with Gasteiger partial charge in [0.25, 0.3) is 0 Å². The average molecular weight is 257 g/mol. The highest BCUT2D eigenvalue weighted by Gasteiger charge is 2.31. The molecule has 18 heavy (non-hydrogen) atoms. The molecule has 0 saturated heterocycles. The van der Waals surface area contributed by atoms with E-state index >= 15 is 0 Å². The molecule has 0 aromatic rings. The summed E-state index contributed by atoms with van der Waals surface area (Å²) in [5.74, 6) is -1.31. The molecule has 0 radical (unpaired) electrons. The first-order valence-corrected chi connectivity index (χ1v) is 6.36. The lowest BCUT2D eigenvalue weighted by Gasteiger charge is -2.22. The molecule has 0 unspecified atom stereocenters. The van der Waals surface area contributed by atoms with Crippen molar-refractivity contribution >= 4 is 11.8 Å². The van der Waals surface area contributed by atoms with Crippen LogP contribution < -0.4 is 10.6 Å². The summed E-state index contributed by atoms with van der Waals surface area (Å²) < 4.78 is 0. The Morgan fingerprint density at radius 1 is 1.17 bits per heavy atom. The molecule has 1 rings (SSSR count). The maximum Gasteiger partial charge on any atom is 0.309 e. The van der Waals surface area contributed by atoms with Gasteiger partial charge < -0.3 is 20.6 Å². The third-order valence-corrected chi connectivity index (χ3v) is 3.16. The van der Waals surface area contributed by atoms with Gasteiger partial charge in [0, 0.05) is 19.6 Å². The minimum atomic E-state index is -0.820. The zero-order valence-electron chi connectivity index (χ0n) is 11.2. The molecule has 104 valence electrons. The largest absolute Gasteiger partial charge is 0.388 e. The highest BCUT2D eigenvalue weighted by molar-refractivity contribution is 6.35. The molecule has 1 aliphatic carbocycles. The molecule has 1 aliphatic rings. The predicted octanol–water partition coefficient (Wildman–Crippen LogP) is -0.914. The van der Waals surface area contributed by atoms with Gasteiger partial charge in [-0.25, -0.2) is 0 Å². The van der Waals surface area contributed by atoms with Crippen molar-refractivity contribution in [3.8, 4) is 0 Å². The topological polar surface area (TPSA) is 81.7 Å². The molecule has 0 aliphatic heterocycles. The highest BCUT2D eigenvalue weighted by atomic mass is 16.3. The van der Waals surface area contributed by atoms with E-state index in [2.05, 4.69) is 10.6 Å². The first-order valence-electron chi connectivity index (χ1n) is 6.36. The fourth-order valence-corrected chi connectivity index (χ4v) is 2.01. The molecular formula is C12H23N3O3. The van der Waals surface area contributed by atoms with Crippen LogP contribution in [0.5, 0.6) is 0 Å². The van der Waals surface area contributed by atoms with Gasteiger partial charge in [0.1, 0.15) is 0 Å². The van der Waals surface area contributed by atoms with Gasteiger partial charge in [-0.1, -0.05) is 12.8 Å². The second-order valence-corrected chi connectivity index (χ2v) is 5.17. The first-order chi connectivity index (χ1) is 8.43. The molecule has 3 N–H and O–H groups in total. The third-order valence-electron chi connectivity index (χ3n) is 3.16. The van der Waals surface area contributed by atoms with Crippen molar-refractivity contribution < 1.29 is 14.7 Å². The smallest absolute Gasteiger partial charge is 0.309 e. The molecule has 0 aromatic carbocycles. The SMILES string of the molecule is CN(C)CCNC(=O)C(=O)NCC1(O)CCCC1. The van der Waals surface area contributed by atoms with Crippen LogP contribution in [-0.4, -0.2) is 61.2 Å². The van der Waals surface area contributed by atoms with E-state index in [9.17, 15) is 14.7 Å². The zero-order valence-corrected chi connectivity index (χ0v) is 11.2. The lowest BCUT2D eigenvalue weighted by molar-refractivity contribution is -0.139. The second kappa shape index (κ2) is 6.70. The van der Waals surface area contributed by atoms with Crippen molar-refractivity contribution in [2.45, 2.75) is 31.3 Å². The third kappa shape index (κ3) is 5.01. The fraction of sp³-hybridized carbons (Fsp3) is 0.833. The van der Waals surface area contributed by atoms with Gasteiger partial charge in [0.05, 0.1) is 5.60 Å². The molecular weight excluding hydrogens is 234 g/mol. The molecule has 6 nitrogen and oxygen atoms in total. The Balaban J connectivity index is 2.21. The lowest BCUT2D eigenvalue weighted by Crippen LogP contribution is -2.47. The Hall–Kier alpha value is -1.14. The summed E-state index contributed by atoms with van der Waals surface area (Å²) in [7, 11) is 3.78. The van der Waals surface area contributed by atoms with Gasteiger partial charge in [-0.05, 0) is 26.9 Å². The minimum absolute atomic E-state index is 0.160. The number of likely N-dealkylation sites (N-methyl/N-ethyl adjacent to an activating group) is 1. The second-order valence-electron chi connectivity index (χ2n) is 5.17. The van der Waals surface area contributed by atoms with Gasteiger partial charge in [-0.2, -0.15) is 0 Å². The number of carbonyl (C=O) groups is 2. The highest BCUT2D eigenvalue weighted by Crippen LogP contribution is 2.28. The maximum atomic E-state index is 11.5. The number of hydrogen-bond donors (Lipinski definition) is 3. The van der Waals surface area contributed by atoms with Crippen molar-refractivity contribution in [1.29, 1.82) is 0 Å². The Morgan fingerprint density at radius 3 is 2.28 bits per heavy atom. The molecule has 0 heterocycles. The molecule has 0 bridgehead atoms. The number of nitrogens with one attached hydrogen (secondary N) is 2. The number of nitrogens with zero attached hydrogens (tertiary/aromatic N) is 1. The van der Waals surface area contributed by atoms with E-state index in [-0.39, 0.29) is 6.54 Å². The normalized spacial score (nSPS) is 17.8. The summed E-state index contributed by atoms with van der Waals surface area (Å²) in [5, 5.41) is 15.0. The van der Waals surface area contributed by atoms with Gasteiger partial charge >= 0.3 is 11.8 Å². The molecule has 6 heteroatoms.